The number of aromatic nitrogens is 1. The number of nitrogens with one attached hydrogen (secondary N) is 2. The van der Waals surface area contributed by atoms with Crippen LogP contribution in [0.25, 0.3) is 0 Å². The Bertz CT molecular complexity index is 637. The second-order valence-corrected chi connectivity index (χ2v) is 4.15. The zero-order valence-electron chi connectivity index (χ0n) is 10.8. The molecule has 2 aromatic rings. The predicted octanol–water partition coefficient (Wildman–Crippen LogP) is 2.12. The fourth-order valence-electron chi connectivity index (χ4n) is 1.73. The maximum absolute atomic E-state index is 13.0. The number of carbonyl (C=O) groups is 2. The van der Waals surface area contributed by atoms with Gasteiger partial charge in [0.2, 0.25) is 5.91 Å². The number of rotatable bonds is 4. The third kappa shape index (κ3) is 3.44. The van der Waals surface area contributed by atoms with E-state index < -0.39 is 5.97 Å². The highest BCUT2D eigenvalue weighted by atomic mass is 19.1. The van der Waals surface area contributed by atoms with Crippen LogP contribution in [0.2, 0.25) is 0 Å². The molecule has 2 rings (SSSR count). The number of methoxy groups -OCH3 is 1. The molecule has 0 spiro atoms. The Morgan fingerprint density at radius 2 is 2.15 bits per heavy atom. The number of ether oxygens (including phenoxy) is 1. The van der Waals surface area contributed by atoms with Gasteiger partial charge in [-0.2, -0.15) is 0 Å². The van der Waals surface area contributed by atoms with Crippen LogP contribution >= 0.6 is 0 Å². The van der Waals surface area contributed by atoms with Gasteiger partial charge in [-0.3, -0.25) is 4.79 Å². The zero-order chi connectivity index (χ0) is 14.5. The van der Waals surface area contributed by atoms with Crippen LogP contribution in [0.5, 0.6) is 0 Å². The Morgan fingerprint density at radius 3 is 2.85 bits per heavy atom. The fraction of sp³-hybridized carbons (Fsp3) is 0.143. The van der Waals surface area contributed by atoms with Gasteiger partial charge in [-0.1, -0.05) is 12.1 Å². The Balaban J connectivity index is 1.98. The van der Waals surface area contributed by atoms with Crippen molar-refractivity contribution < 1.29 is 18.7 Å². The molecule has 0 saturated carbocycles. The number of carbonyl (C=O) groups excluding carboxylic acids is 2. The van der Waals surface area contributed by atoms with Crippen LogP contribution in [0.1, 0.15) is 16.1 Å². The van der Waals surface area contributed by atoms with Crippen molar-refractivity contribution in [2.24, 2.45) is 0 Å². The van der Waals surface area contributed by atoms with Crippen LogP contribution in [-0.4, -0.2) is 24.0 Å². The average Bonchev–Trinajstić information content (AvgIpc) is 2.86. The third-order valence-corrected chi connectivity index (χ3v) is 2.63. The summed E-state index contributed by atoms with van der Waals surface area (Å²) in [5.74, 6) is -1.20. The molecule has 2 N–H and O–H groups in total. The Kier molecular flexibility index (Phi) is 4.14. The molecular weight excluding hydrogens is 263 g/mol. The molecule has 6 heteroatoms. The highest BCUT2D eigenvalue weighted by Gasteiger charge is 2.10. The van der Waals surface area contributed by atoms with Crippen LogP contribution in [0.3, 0.4) is 0 Å². The summed E-state index contributed by atoms with van der Waals surface area (Å²) in [5, 5.41) is 2.61. The standard InChI is InChI=1S/C14H13FN2O3/c1-20-14(19)12-7-11(8-16-12)17-13(18)6-9-3-2-4-10(15)5-9/h2-5,7-8,16H,6H2,1H3,(H,17,18). The minimum Gasteiger partial charge on any atom is -0.464 e. The molecule has 20 heavy (non-hydrogen) atoms. The van der Waals surface area contributed by atoms with Crippen LogP contribution in [-0.2, 0) is 16.0 Å². The highest BCUT2D eigenvalue weighted by molar-refractivity contribution is 5.94. The first-order chi connectivity index (χ1) is 9.58. The summed E-state index contributed by atoms with van der Waals surface area (Å²) in [6.45, 7) is 0. The van der Waals surface area contributed by atoms with Gasteiger partial charge in [0.05, 0.1) is 19.2 Å². The molecule has 0 bridgehead atoms. The minimum atomic E-state index is -0.518. The maximum atomic E-state index is 13.0. The molecule has 1 amide bonds. The molecule has 0 atom stereocenters. The van der Waals surface area contributed by atoms with Gasteiger partial charge in [0, 0.05) is 6.20 Å². The first-order valence-electron chi connectivity index (χ1n) is 5.89. The van der Waals surface area contributed by atoms with Crippen molar-refractivity contribution in [3.63, 3.8) is 0 Å². The second-order valence-electron chi connectivity index (χ2n) is 4.15. The van der Waals surface area contributed by atoms with Crippen molar-refractivity contribution in [1.82, 2.24) is 4.98 Å². The van der Waals surface area contributed by atoms with E-state index in [4.69, 9.17) is 0 Å². The van der Waals surface area contributed by atoms with Crippen LogP contribution in [0, 0.1) is 5.82 Å². The molecule has 5 nitrogen and oxygen atoms in total. The largest absolute Gasteiger partial charge is 0.464 e. The fourth-order valence-corrected chi connectivity index (χ4v) is 1.73. The summed E-state index contributed by atoms with van der Waals surface area (Å²) < 4.78 is 17.5. The molecule has 1 aromatic heterocycles. The third-order valence-electron chi connectivity index (χ3n) is 2.63. The number of halogens is 1. The van der Waals surface area contributed by atoms with E-state index in [1.54, 1.807) is 12.1 Å². The van der Waals surface area contributed by atoms with Crippen LogP contribution in [0.4, 0.5) is 10.1 Å². The molecule has 0 unspecified atom stereocenters. The zero-order valence-corrected chi connectivity index (χ0v) is 10.8. The van der Waals surface area contributed by atoms with E-state index in [0.717, 1.165) is 0 Å². The average molecular weight is 276 g/mol. The van der Waals surface area contributed by atoms with E-state index >= 15 is 0 Å². The van der Waals surface area contributed by atoms with Crippen molar-refractivity contribution in [1.29, 1.82) is 0 Å². The lowest BCUT2D eigenvalue weighted by atomic mass is 10.1. The van der Waals surface area contributed by atoms with Gasteiger partial charge in [-0.15, -0.1) is 0 Å². The molecule has 0 aliphatic rings. The lowest BCUT2D eigenvalue weighted by Crippen LogP contribution is -2.14. The summed E-state index contributed by atoms with van der Waals surface area (Å²) in [7, 11) is 1.27. The van der Waals surface area contributed by atoms with Crippen LogP contribution in [0.15, 0.2) is 36.5 Å². The Morgan fingerprint density at radius 1 is 1.35 bits per heavy atom. The lowest BCUT2D eigenvalue weighted by molar-refractivity contribution is -0.115. The van der Waals surface area contributed by atoms with Crippen molar-refractivity contribution >= 4 is 17.6 Å². The summed E-state index contributed by atoms with van der Waals surface area (Å²) in [6, 6.07) is 7.30. The second kappa shape index (κ2) is 6.01. The van der Waals surface area contributed by atoms with Gasteiger partial charge in [0.25, 0.3) is 0 Å². The van der Waals surface area contributed by atoms with E-state index in [1.165, 1.54) is 31.5 Å². The van der Waals surface area contributed by atoms with Crippen molar-refractivity contribution in [3.8, 4) is 0 Å². The molecule has 0 saturated heterocycles. The number of H-pyrrole nitrogens is 1. The van der Waals surface area contributed by atoms with Crippen molar-refractivity contribution in [2.75, 3.05) is 12.4 Å². The van der Waals surface area contributed by atoms with E-state index in [1.807, 2.05) is 0 Å². The quantitative estimate of drug-likeness (QED) is 0.840. The first kappa shape index (κ1) is 13.8. The smallest absolute Gasteiger partial charge is 0.354 e. The number of hydrogen-bond acceptors (Lipinski definition) is 3. The van der Waals surface area contributed by atoms with Gasteiger partial charge in [-0.25, -0.2) is 9.18 Å². The summed E-state index contributed by atoms with van der Waals surface area (Å²) in [5.41, 5.74) is 1.27. The summed E-state index contributed by atoms with van der Waals surface area (Å²) >= 11 is 0. The predicted molar refractivity (Wildman–Crippen MR) is 70.9 cm³/mol. The number of hydrogen-bond donors (Lipinski definition) is 2. The van der Waals surface area contributed by atoms with Gasteiger partial charge in [0.1, 0.15) is 11.5 Å². The van der Waals surface area contributed by atoms with Gasteiger partial charge in [0.15, 0.2) is 0 Å². The Hall–Kier alpha value is -2.63. The molecule has 1 aromatic carbocycles. The van der Waals surface area contributed by atoms with Gasteiger partial charge in [-0.05, 0) is 23.8 Å². The topological polar surface area (TPSA) is 71.2 Å². The SMILES string of the molecule is COC(=O)c1cc(NC(=O)Cc2cccc(F)c2)c[nH]1. The molecule has 0 radical (unpaired) electrons. The van der Waals surface area contributed by atoms with E-state index in [-0.39, 0.29) is 23.8 Å². The van der Waals surface area contributed by atoms with Crippen LogP contribution < -0.4 is 5.32 Å². The van der Waals surface area contributed by atoms with E-state index in [2.05, 4.69) is 15.0 Å². The molecule has 0 fully saturated rings. The van der Waals surface area contributed by atoms with E-state index in [0.29, 0.717) is 11.3 Å². The summed E-state index contributed by atoms with van der Waals surface area (Å²) in [6.07, 6.45) is 1.53. The Labute approximate surface area is 114 Å². The normalized spacial score (nSPS) is 10.1. The monoisotopic (exact) mass is 276 g/mol. The molecule has 1 heterocycles. The maximum Gasteiger partial charge on any atom is 0.354 e. The summed E-state index contributed by atoms with van der Waals surface area (Å²) in [4.78, 5) is 25.7. The lowest BCUT2D eigenvalue weighted by Gasteiger charge is -2.03. The number of anilines is 1. The molecule has 0 aliphatic heterocycles. The molecule has 104 valence electrons. The number of benzene rings is 1. The van der Waals surface area contributed by atoms with Gasteiger partial charge < -0.3 is 15.0 Å². The van der Waals surface area contributed by atoms with E-state index in [9.17, 15) is 14.0 Å². The van der Waals surface area contributed by atoms with Gasteiger partial charge >= 0.3 is 5.97 Å². The number of esters is 1. The highest BCUT2D eigenvalue weighted by Crippen LogP contribution is 2.11. The first-order valence-corrected chi connectivity index (χ1v) is 5.89. The molecule has 0 aliphatic carbocycles. The number of aromatic amines is 1. The molecular formula is C14H13FN2O3. The number of amides is 1. The van der Waals surface area contributed by atoms with Crippen molar-refractivity contribution in [2.45, 2.75) is 6.42 Å². The minimum absolute atomic E-state index is 0.0521. The van der Waals surface area contributed by atoms with Crippen molar-refractivity contribution in [3.05, 3.63) is 53.6 Å².